The van der Waals surface area contributed by atoms with Crippen molar-refractivity contribution in [1.29, 1.82) is 0 Å². The van der Waals surface area contributed by atoms with Crippen LogP contribution in [-0.4, -0.2) is 18.1 Å². The van der Waals surface area contributed by atoms with E-state index in [2.05, 4.69) is 55.4 Å². The smallest absolute Gasteiger partial charge is 0.166 e. The minimum atomic E-state index is -1.01. The fraction of sp³-hybridized carbons (Fsp3) is 1.00. The van der Waals surface area contributed by atoms with Crippen molar-refractivity contribution >= 4 is 18.1 Å². The zero-order chi connectivity index (χ0) is 15.0. The Morgan fingerprint density at radius 3 is 1.21 bits per heavy atom. The van der Waals surface area contributed by atoms with Crippen LogP contribution in [0.3, 0.4) is 0 Å². The van der Waals surface area contributed by atoms with Gasteiger partial charge < -0.3 is 4.12 Å². The van der Waals surface area contributed by atoms with E-state index in [1.54, 1.807) is 0 Å². The Labute approximate surface area is 126 Å². The van der Waals surface area contributed by atoms with E-state index in [1.807, 2.05) is 0 Å². The van der Waals surface area contributed by atoms with E-state index in [0.29, 0.717) is 0 Å². The topological polar surface area (TPSA) is 9.23 Å². The van der Waals surface area contributed by atoms with E-state index in [0.717, 1.165) is 22.9 Å². The molecule has 0 saturated carbocycles. The van der Waals surface area contributed by atoms with E-state index < -0.39 is 18.1 Å². The summed E-state index contributed by atoms with van der Waals surface area (Å²) in [5.74, 6) is 1.60. The van der Waals surface area contributed by atoms with Gasteiger partial charge in [-0.15, -0.1) is 0 Å². The molecule has 0 heterocycles. The quantitative estimate of drug-likeness (QED) is 0.493. The molecular weight excluding hydrogens is 264 g/mol. The second-order valence-corrected chi connectivity index (χ2v) is 13.7. The van der Waals surface area contributed by atoms with Crippen LogP contribution in [0.2, 0.25) is 23.2 Å². The maximum Gasteiger partial charge on any atom is 0.166 e. The molecule has 4 atom stereocenters. The Morgan fingerprint density at radius 1 is 0.684 bits per heavy atom. The molecule has 0 aliphatic rings. The molecule has 0 N–H and O–H groups in total. The van der Waals surface area contributed by atoms with Crippen molar-refractivity contribution in [3.8, 4) is 0 Å². The normalized spacial score (nSPS) is 18.6. The molecule has 0 aliphatic heterocycles. The van der Waals surface area contributed by atoms with Crippen molar-refractivity contribution in [2.75, 3.05) is 0 Å². The highest BCUT2D eigenvalue weighted by Crippen LogP contribution is 2.28. The molecule has 0 amide bonds. The summed E-state index contributed by atoms with van der Waals surface area (Å²) in [7, 11) is -2.02. The predicted octanol–water partition coefficient (Wildman–Crippen LogP) is 5.36. The summed E-state index contributed by atoms with van der Waals surface area (Å²) in [5.41, 5.74) is 1.68. The number of hydrogen-bond donors (Lipinski definition) is 0. The molecule has 0 saturated heterocycles. The summed E-state index contributed by atoms with van der Waals surface area (Å²) >= 11 is 0. The summed E-state index contributed by atoms with van der Waals surface area (Å²) in [6, 6.07) is 2.74. The zero-order valence-corrected chi connectivity index (χ0v) is 17.0. The molecule has 19 heavy (non-hydrogen) atoms. The van der Waals surface area contributed by atoms with Gasteiger partial charge in [0.2, 0.25) is 0 Å². The zero-order valence-electron chi connectivity index (χ0n) is 14.7. The average molecular weight is 303 g/mol. The molecule has 3 heteroatoms. The van der Waals surface area contributed by atoms with Crippen molar-refractivity contribution < 1.29 is 4.12 Å². The van der Waals surface area contributed by atoms with Crippen LogP contribution in [0.5, 0.6) is 0 Å². The van der Waals surface area contributed by atoms with Crippen LogP contribution in [0.1, 0.15) is 68.2 Å². The molecule has 0 aromatic heterocycles. The maximum absolute atomic E-state index is 6.86. The Balaban J connectivity index is 4.70. The second kappa shape index (κ2) is 10.2. The highest BCUT2D eigenvalue weighted by atomic mass is 28.4. The van der Waals surface area contributed by atoms with E-state index >= 15 is 0 Å². The van der Waals surface area contributed by atoms with E-state index in [9.17, 15) is 0 Å². The van der Waals surface area contributed by atoms with Crippen molar-refractivity contribution in [1.82, 2.24) is 0 Å². The highest BCUT2D eigenvalue weighted by Gasteiger charge is 2.28. The first kappa shape index (κ1) is 19.4. The summed E-state index contributed by atoms with van der Waals surface area (Å²) < 4.78 is 6.86. The highest BCUT2D eigenvalue weighted by molar-refractivity contribution is 6.67. The molecule has 0 rings (SSSR count). The van der Waals surface area contributed by atoms with Crippen molar-refractivity contribution in [2.45, 2.75) is 91.4 Å². The molecule has 0 aromatic carbocycles. The first-order chi connectivity index (χ1) is 8.81. The first-order valence-corrected chi connectivity index (χ1v) is 12.4. The second-order valence-electron chi connectivity index (χ2n) is 7.24. The van der Waals surface area contributed by atoms with Gasteiger partial charge in [-0.2, -0.15) is 0 Å². The first-order valence-electron chi connectivity index (χ1n) is 8.47. The predicted molar refractivity (Wildman–Crippen MR) is 94.1 cm³/mol. The minimum Gasteiger partial charge on any atom is -0.459 e. The molecule has 0 aromatic rings. The van der Waals surface area contributed by atoms with Crippen LogP contribution in [0.4, 0.5) is 0 Å². The molecule has 4 unspecified atom stereocenters. The molecule has 0 bridgehead atoms. The van der Waals surface area contributed by atoms with E-state index in [1.165, 1.54) is 24.9 Å². The number of hydrogen-bond acceptors (Lipinski definition) is 1. The third kappa shape index (κ3) is 8.31. The monoisotopic (exact) mass is 302 g/mol. The summed E-state index contributed by atoms with van der Waals surface area (Å²) in [5, 5.41) is 0. The fourth-order valence-electron chi connectivity index (χ4n) is 2.52. The third-order valence-electron chi connectivity index (χ3n) is 4.31. The number of rotatable bonds is 10. The Kier molecular flexibility index (Phi) is 10.4. The van der Waals surface area contributed by atoms with E-state index in [4.69, 9.17) is 4.12 Å². The third-order valence-corrected chi connectivity index (χ3v) is 13.4. The van der Waals surface area contributed by atoms with Crippen LogP contribution >= 0.6 is 0 Å². The molecule has 0 radical (unpaired) electrons. The maximum atomic E-state index is 6.86. The molecule has 1 nitrogen and oxygen atoms in total. The van der Waals surface area contributed by atoms with Crippen LogP contribution < -0.4 is 0 Å². The van der Waals surface area contributed by atoms with Crippen LogP contribution in [0.15, 0.2) is 0 Å². The van der Waals surface area contributed by atoms with Crippen LogP contribution in [-0.2, 0) is 4.12 Å². The standard InChI is InChI=1S/C16H38OSi2/c1-9-15(7)18(11-13(3)4)17-19(12-14(5)6)16(8)10-2/h13-16,18-19H,9-12H2,1-8H3. The fourth-order valence-corrected chi connectivity index (χ4v) is 11.2. The van der Waals surface area contributed by atoms with Gasteiger partial charge in [0.15, 0.2) is 18.1 Å². The van der Waals surface area contributed by atoms with Gasteiger partial charge in [-0.3, -0.25) is 0 Å². The summed E-state index contributed by atoms with van der Waals surface area (Å²) in [6.07, 6.45) is 2.60. The largest absolute Gasteiger partial charge is 0.459 e. The lowest BCUT2D eigenvalue weighted by atomic mass is 10.3. The van der Waals surface area contributed by atoms with Crippen molar-refractivity contribution in [3.63, 3.8) is 0 Å². The minimum absolute atomic E-state index is 0.802. The molecule has 0 fully saturated rings. The Hall–Kier alpha value is 0.394. The van der Waals surface area contributed by atoms with Gasteiger partial charge in [-0.1, -0.05) is 68.2 Å². The van der Waals surface area contributed by atoms with Gasteiger partial charge in [-0.25, -0.2) is 0 Å². The summed E-state index contributed by atoms with van der Waals surface area (Å²) in [6.45, 7) is 18.9. The SMILES string of the molecule is CCC(C)[SiH](CC(C)C)O[SiH](CC(C)C)C(C)CC. The lowest BCUT2D eigenvalue weighted by molar-refractivity contribution is 0.499. The van der Waals surface area contributed by atoms with Gasteiger partial charge in [0.1, 0.15) is 0 Å². The van der Waals surface area contributed by atoms with Crippen LogP contribution in [0, 0.1) is 11.8 Å². The molecule has 0 aliphatic carbocycles. The van der Waals surface area contributed by atoms with Gasteiger partial charge in [0, 0.05) is 0 Å². The van der Waals surface area contributed by atoms with Crippen molar-refractivity contribution in [2.24, 2.45) is 11.8 Å². The van der Waals surface area contributed by atoms with Crippen LogP contribution in [0.25, 0.3) is 0 Å². The Morgan fingerprint density at radius 2 is 1.00 bits per heavy atom. The van der Waals surface area contributed by atoms with Crippen molar-refractivity contribution in [3.05, 3.63) is 0 Å². The molecule has 0 spiro atoms. The van der Waals surface area contributed by atoms with Gasteiger partial charge in [-0.05, 0) is 35.0 Å². The summed E-state index contributed by atoms with van der Waals surface area (Å²) in [4.78, 5) is 0. The lowest BCUT2D eigenvalue weighted by Crippen LogP contribution is -2.36. The molecule has 116 valence electrons. The Bertz CT molecular complexity index is 197. The van der Waals surface area contributed by atoms with Gasteiger partial charge in [0.25, 0.3) is 0 Å². The van der Waals surface area contributed by atoms with E-state index in [-0.39, 0.29) is 0 Å². The lowest BCUT2D eigenvalue weighted by Gasteiger charge is -2.32. The van der Waals surface area contributed by atoms with Gasteiger partial charge in [0.05, 0.1) is 0 Å². The average Bonchev–Trinajstić information content (AvgIpc) is 2.33. The molecular formula is C16H38OSi2. The van der Waals surface area contributed by atoms with Gasteiger partial charge >= 0.3 is 0 Å².